The van der Waals surface area contributed by atoms with Gasteiger partial charge in [-0.25, -0.2) is 8.51 Å². The van der Waals surface area contributed by atoms with Crippen LogP contribution in [0.4, 0.5) is 13.2 Å². The Labute approximate surface area is 234 Å². The largest absolute Gasteiger partial charge is 0.393 e. The van der Waals surface area contributed by atoms with Gasteiger partial charge in [0.05, 0.1) is 22.7 Å². The van der Waals surface area contributed by atoms with Gasteiger partial charge in [-0.3, -0.25) is 9.59 Å². The highest BCUT2D eigenvalue weighted by Crippen LogP contribution is 2.35. The maximum atomic E-state index is 14.4. The minimum atomic E-state index is -4.52. The molecule has 3 unspecified atom stereocenters. The number of hydrogen-bond donors (Lipinski definition) is 0. The smallest absolute Gasteiger partial charge is 0.335 e. The van der Waals surface area contributed by atoms with E-state index in [1.807, 2.05) is 13.8 Å². The van der Waals surface area contributed by atoms with Crippen LogP contribution in [0.5, 0.6) is 0 Å². The lowest BCUT2D eigenvalue weighted by atomic mass is 9.97. The third-order valence-electron chi connectivity index (χ3n) is 6.85. The number of rotatable bonds is 6. The van der Waals surface area contributed by atoms with Gasteiger partial charge in [0.25, 0.3) is 0 Å². The van der Waals surface area contributed by atoms with E-state index in [9.17, 15) is 27.0 Å². The number of hydrogen-bond acceptors (Lipinski definition) is 3. The number of halogens is 5. The van der Waals surface area contributed by atoms with Crippen molar-refractivity contribution in [2.75, 3.05) is 13.1 Å². The summed E-state index contributed by atoms with van der Waals surface area (Å²) in [5.41, 5.74) is 0.637. The number of carbonyl (C=O) groups excluding carboxylic acids is 2. The van der Waals surface area contributed by atoms with E-state index in [0.29, 0.717) is 9.50 Å². The predicted molar refractivity (Wildman–Crippen MR) is 145 cm³/mol. The van der Waals surface area contributed by atoms with Gasteiger partial charge in [-0.1, -0.05) is 39.7 Å². The molecule has 12 heteroatoms. The van der Waals surface area contributed by atoms with Crippen molar-refractivity contribution >= 4 is 54.9 Å². The lowest BCUT2D eigenvalue weighted by molar-refractivity contribution is -0.166. The Kier molecular flexibility index (Phi) is 8.24. The summed E-state index contributed by atoms with van der Waals surface area (Å²) in [6, 6.07) is 10.1. The van der Waals surface area contributed by atoms with E-state index in [4.69, 9.17) is 11.6 Å². The van der Waals surface area contributed by atoms with Gasteiger partial charge in [-0.05, 0) is 61.2 Å². The van der Waals surface area contributed by atoms with Crippen LogP contribution in [0.1, 0.15) is 31.4 Å². The highest BCUT2D eigenvalue weighted by Gasteiger charge is 2.50. The molecule has 2 aliphatic rings. The predicted octanol–water partition coefficient (Wildman–Crippen LogP) is 4.92. The molecule has 2 aromatic carbocycles. The van der Waals surface area contributed by atoms with E-state index < -0.39 is 34.5 Å². The van der Waals surface area contributed by atoms with E-state index in [-0.39, 0.29) is 54.2 Å². The first-order chi connectivity index (χ1) is 17.7. The summed E-state index contributed by atoms with van der Waals surface area (Å²) >= 11 is 9.22. The van der Waals surface area contributed by atoms with Crippen molar-refractivity contribution in [2.24, 2.45) is 0 Å². The molecule has 6 nitrogen and oxygen atoms in total. The van der Waals surface area contributed by atoms with Gasteiger partial charge in [-0.2, -0.15) is 13.2 Å². The molecule has 0 aromatic heterocycles. The Morgan fingerprint density at radius 3 is 2.42 bits per heavy atom. The number of fused-ring (bicyclic) bond motifs is 1. The van der Waals surface area contributed by atoms with E-state index in [1.54, 1.807) is 29.2 Å². The van der Waals surface area contributed by atoms with E-state index in [1.165, 1.54) is 27.4 Å². The van der Waals surface area contributed by atoms with Crippen LogP contribution in [-0.2, 0) is 32.1 Å². The number of alkyl halides is 3. The van der Waals surface area contributed by atoms with Gasteiger partial charge in [0.1, 0.15) is 12.2 Å². The monoisotopic (exact) mass is 633 g/mol. The second-order valence-electron chi connectivity index (χ2n) is 9.79. The second-order valence-corrected chi connectivity index (χ2v) is 13.3. The molecule has 2 aromatic rings. The number of amides is 2. The Hall–Kier alpha value is -2.08. The van der Waals surface area contributed by atoms with Crippen molar-refractivity contribution in [3.8, 4) is 0 Å². The number of nitrogens with zero attached hydrogens (tertiary/aromatic N) is 3. The van der Waals surface area contributed by atoms with Crippen molar-refractivity contribution in [3.63, 3.8) is 0 Å². The van der Waals surface area contributed by atoms with Gasteiger partial charge >= 0.3 is 6.18 Å². The molecule has 2 fully saturated rings. The summed E-state index contributed by atoms with van der Waals surface area (Å²) in [6.45, 7) is 3.80. The number of piperazine rings is 1. The highest BCUT2D eigenvalue weighted by atomic mass is 79.9. The van der Waals surface area contributed by atoms with Crippen LogP contribution in [0.15, 0.2) is 51.8 Å². The van der Waals surface area contributed by atoms with Crippen molar-refractivity contribution < 1.29 is 27.0 Å². The molecule has 4 rings (SSSR count). The summed E-state index contributed by atoms with van der Waals surface area (Å²) < 4.78 is 56.6. The minimum absolute atomic E-state index is 0.0328. The third-order valence-corrected chi connectivity index (χ3v) is 9.87. The first-order valence-corrected chi connectivity index (χ1v) is 14.9. The molecule has 0 radical (unpaired) electrons. The van der Waals surface area contributed by atoms with Crippen molar-refractivity contribution in [1.82, 2.24) is 14.1 Å². The topological polar surface area (TPSA) is 60.9 Å². The molecule has 2 amide bonds. The first kappa shape index (κ1) is 28.9. The second kappa shape index (κ2) is 10.8. The van der Waals surface area contributed by atoms with Crippen LogP contribution in [0.25, 0.3) is 0 Å². The van der Waals surface area contributed by atoms with E-state index in [0.717, 1.165) is 5.56 Å². The van der Waals surface area contributed by atoms with Crippen LogP contribution in [0.2, 0.25) is 5.02 Å². The van der Waals surface area contributed by atoms with Crippen molar-refractivity contribution in [2.45, 2.75) is 62.4 Å². The Bertz CT molecular complexity index is 1340. The van der Waals surface area contributed by atoms with Crippen LogP contribution in [0, 0.1) is 0 Å². The summed E-state index contributed by atoms with van der Waals surface area (Å²) in [5, 5.41) is 0.534. The fourth-order valence-corrected chi connectivity index (χ4v) is 7.66. The van der Waals surface area contributed by atoms with E-state index in [2.05, 4.69) is 21.8 Å². The average molecular weight is 635 g/mol. The summed E-state index contributed by atoms with van der Waals surface area (Å²) in [7, 11) is -3.48. The quantitative estimate of drug-likeness (QED) is 0.424. The van der Waals surface area contributed by atoms with Gasteiger partial charge in [0, 0.05) is 39.8 Å². The van der Waals surface area contributed by atoms with Crippen LogP contribution in [-0.4, -0.2) is 73.5 Å². The zero-order valence-corrected chi connectivity index (χ0v) is 24.0. The summed E-state index contributed by atoms with van der Waals surface area (Å²) in [5.74, 6) is 3.41. The molecular weight excluding hydrogens is 607 g/mol. The fraction of sp³-hybridized carbons (Fsp3) is 0.423. The lowest BCUT2D eigenvalue weighted by Crippen LogP contribution is -2.72. The fourth-order valence-electron chi connectivity index (χ4n) is 5.10. The molecule has 0 N–H and O–H groups in total. The Balaban J connectivity index is 1.77. The number of benzene rings is 2. The van der Waals surface area contributed by atoms with Gasteiger partial charge < -0.3 is 9.80 Å². The standard InChI is InChI=1S/C26H28BrClF3N3O3S/c1-16(2)32-15-23-33(38(3,37)22-9-6-19(27)13-18(22)14-26(29,30)31)11-10-24(35)34(23)21(25(32)36)12-17-4-7-20(28)8-5-17/h4-9,13,16,21,23H,3,10-12,14-15H2,1-2H3. The molecule has 0 spiro atoms. The van der Waals surface area contributed by atoms with Gasteiger partial charge in [0.2, 0.25) is 11.8 Å². The SMILES string of the molecule is C=S(=O)(c1ccc(Br)cc1CC(F)(F)F)N1CCC(=O)N2C(Cc3ccc(Cl)cc3)C(=O)N(C(C)C)CC21. The first-order valence-electron chi connectivity index (χ1n) is 12.0. The molecule has 2 saturated heterocycles. The summed E-state index contributed by atoms with van der Waals surface area (Å²) in [6.07, 6.45) is -6.44. The average Bonchev–Trinajstić information content (AvgIpc) is 2.80. The lowest BCUT2D eigenvalue weighted by Gasteiger charge is -2.53. The van der Waals surface area contributed by atoms with Crippen molar-refractivity contribution in [1.29, 1.82) is 0 Å². The molecule has 2 aliphatic heterocycles. The highest BCUT2D eigenvalue weighted by molar-refractivity contribution is 9.10. The van der Waals surface area contributed by atoms with Gasteiger partial charge in [0.15, 0.2) is 0 Å². The van der Waals surface area contributed by atoms with Crippen LogP contribution in [0.3, 0.4) is 0 Å². The van der Waals surface area contributed by atoms with Crippen LogP contribution < -0.4 is 0 Å². The summed E-state index contributed by atoms with van der Waals surface area (Å²) in [4.78, 5) is 29.9. The maximum Gasteiger partial charge on any atom is 0.393 e. The maximum absolute atomic E-state index is 14.4. The molecule has 0 saturated carbocycles. The molecule has 0 aliphatic carbocycles. The molecule has 38 heavy (non-hydrogen) atoms. The van der Waals surface area contributed by atoms with Crippen molar-refractivity contribution in [3.05, 3.63) is 63.1 Å². The molecule has 3 atom stereocenters. The molecule has 0 bridgehead atoms. The zero-order chi connectivity index (χ0) is 28.0. The third kappa shape index (κ3) is 5.90. The van der Waals surface area contributed by atoms with Gasteiger partial charge in [-0.15, -0.1) is 0 Å². The number of carbonyl (C=O) groups is 2. The van der Waals surface area contributed by atoms with E-state index >= 15 is 0 Å². The Morgan fingerprint density at radius 2 is 1.82 bits per heavy atom. The Morgan fingerprint density at radius 1 is 1.16 bits per heavy atom. The van der Waals surface area contributed by atoms with Crippen LogP contribution >= 0.6 is 27.5 Å². The molecular formula is C26H28BrClF3N3O3S. The molecule has 2 heterocycles. The minimum Gasteiger partial charge on any atom is -0.335 e. The normalized spacial score (nSPS) is 22.5. The molecule has 206 valence electrons. The zero-order valence-electron chi connectivity index (χ0n) is 20.9.